The largest absolute Gasteiger partial charge is 0.339 e. The molecule has 0 aliphatic heterocycles. The van der Waals surface area contributed by atoms with Crippen LogP contribution in [0.15, 0.2) is 44.7 Å². The Morgan fingerprint density at radius 3 is 2.67 bits per heavy atom. The van der Waals surface area contributed by atoms with Crippen molar-refractivity contribution in [1.29, 1.82) is 0 Å². The van der Waals surface area contributed by atoms with Gasteiger partial charge in [-0.05, 0) is 42.2 Å². The highest BCUT2D eigenvalue weighted by atomic mass is 32.2. The lowest BCUT2D eigenvalue weighted by atomic mass is 10.3. The van der Waals surface area contributed by atoms with E-state index < -0.39 is 0 Å². The smallest absolute Gasteiger partial charge is 0.227 e. The molecule has 4 heterocycles. The van der Waals surface area contributed by atoms with Gasteiger partial charge in [-0.15, -0.1) is 32.9 Å². The van der Waals surface area contributed by atoms with E-state index in [2.05, 4.69) is 42.4 Å². The van der Waals surface area contributed by atoms with Gasteiger partial charge in [0.15, 0.2) is 11.0 Å². The number of nitrogens with zero attached hydrogens (tertiary/aromatic N) is 5. The number of hydrogen-bond acceptors (Lipinski definition) is 8. The fraction of sp³-hybridized carbons (Fsp3) is 0.333. The molecule has 0 unspecified atom stereocenters. The third-order valence-electron chi connectivity index (χ3n) is 4.29. The van der Waals surface area contributed by atoms with Gasteiger partial charge in [0.05, 0.1) is 9.75 Å². The van der Waals surface area contributed by atoms with Crippen molar-refractivity contribution in [2.75, 3.05) is 5.75 Å². The highest BCUT2D eigenvalue weighted by Gasteiger charge is 2.30. The quantitative estimate of drug-likeness (QED) is 0.292. The van der Waals surface area contributed by atoms with Crippen LogP contribution >= 0.6 is 34.4 Å². The molecule has 0 spiro atoms. The Hall–Kier alpha value is -1.97. The molecule has 9 heteroatoms. The molecule has 1 saturated carbocycles. The van der Waals surface area contributed by atoms with Crippen LogP contribution in [0.3, 0.4) is 0 Å². The Bertz CT molecular complexity index is 1000. The van der Waals surface area contributed by atoms with Gasteiger partial charge in [-0.3, -0.25) is 4.57 Å². The molecule has 0 bridgehead atoms. The van der Waals surface area contributed by atoms with E-state index in [1.54, 1.807) is 34.4 Å². The van der Waals surface area contributed by atoms with Crippen LogP contribution in [-0.4, -0.2) is 30.7 Å². The average Bonchev–Trinajstić information content (AvgIpc) is 3.22. The summed E-state index contributed by atoms with van der Waals surface area (Å²) in [6.45, 7) is 0. The van der Waals surface area contributed by atoms with Crippen LogP contribution < -0.4 is 0 Å². The Morgan fingerprint density at radius 1 is 1.11 bits per heavy atom. The topological polar surface area (TPSA) is 69.6 Å². The van der Waals surface area contributed by atoms with Crippen molar-refractivity contribution in [1.82, 2.24) is 24.9 Å². The molecule has 0 N–H and O–H groups in total. The maximum absolute atomic E-state index is 5.37. The Kier molecular flexibility index (Phi) is 4.81. The summed E-state index contributed by atoms with van der Waals surface area (Å²) in [5.41, 5.74) is 0. The minimum Gasteiger partial charge on any atom is -0.339 e. The lowest BCUT2D eigenvalue weighted by molar-refractivity contribution is 0.378. The Morgan fingerprint density at radius 2 is 1.93 bits per heavy atom. The fourth-order valence-electron chi connectivity index (χ4n) is 2.86. The van der Waals surface area contributed by atoms with E-state index in [4.69, 9.17) is 4.52 Å². The second kappa shape index (κ2) is 7.57. The summed E-state index contributed by atoms with van der Waals surface area (Å²) < 4.78 is 7.69. The number of rotatable bonds is 8. The van der Waals surface area contributed by atoms with Crippen molar-refractivity contribution < 1.29 is 4.52 Å². The van der Waals surface area contributed by atoms with Crippen molar-refractivity contribution in [3.8, 4) is 21.4 Å². The normalized spacial score (nSPS) is 14.1. The highest BCUT2D eigenvalue weighted by Crippen LogP contribution is 2.41. The van der Waals surface area contributed by atoms with Crippen LogP contribution in [0, 0.1) is 0 Å². The lowest BCUT2D eigenvalue weighted by Gasteiger charge is -2.07. The van der Waals surface area contributed by atoms with Crippen LogP contribution in [0.4, 0.5) is 0 Å². The number of hydrogen-bond donors (Lipinski definition) is 0. The molecular formula is C18H17N5OS3. The molecule has 1 aliphatic rings. The summed E-state index contributed by atoms with van der Waals surface area (Å²) in [5.74, 6) is 3.34. The van der Waals surface area contributed by atoms with E-state index in [0.29, 0.717) is 17.8 Å². The van der Waals surface area contributed by atoms with E-state index in [9.17, 15) is 0 Å². The average molecular weight is 416 g/mol. The molecular weight excluding hydrogens is 398 g/mol. The van der Waals surface area contributed by atoms with Crippen LogP contribution in [0.1, 0.15) is 31.2 Å². The third kappa shape index (κ3) is 3.71. The van der Waals surface area contributed by atoms with Gasteiger partial charge in [-0.2, -0.15) is 4.98 Å². The summed E-state index contributed by atoms with van der Waals surface area (Å²) >= 11 is 5.10. The van der Waals surface area contributed by atoms with Crippen molar-refractivity contribution in [2.24, 2.45) is 0 Å². The van der Waals surface area contributed by atoms with Crippen LogP contribution in [0.25, 0.3) is 21.4 Å². The molecule has 27 heavy (non-hydrogen) atoms. The van der Waals surface area contributed by atoms with Crippen LogP contribution in [0.2, 0.25) is 0 Å². The van der Waals surface area contributed by atoms with Gasteiger partial charge in [0, 0.05) is 18.2 Å². The second-order valence-corrected chi connectivity index (χ2v) is 9.28. The molecule has 0 amide bonds. The van der Waals surface area contributed by atoms with Gasteiger partial charge < -0.3 is 4.52 Å². The zero-order valence-electron chi connectivity index (χ0n) is 14.4. The maximum Gasteiger partial charge on any atom is 0.227 e. The van der Waals surface area contributed by atoms with Crippen molar-refractivity contribution >= 4 is 34.4 Å². The molecule has 1 fully saturated rings. The minimum absolute atomic E-state index is 0.559. The van der Waals surface area contributed by atoms with Crippen LogP contribution in [-0.2, 0) is 6.42 Å². The van der Waals surface area contributed by atoms with Gasteiger partial charge in [0.1, 0.15) is 0 Å². The highest BCUT2D eigenvalue weighted by molar-refractivity contribution is 7.99. The summed E-state index contributed by atoms with van der Waals surface area (Å²) in [4.78, 5) is 6.71. The first-order chi connectivity index (χ1) is 13.4. The molecule has 0 radical (unpaired) electrons. The summed E-state index contributed by atoms with van der Waals surface area (Å²) in [6.07, 6.45) is 4.18. The van der Waals surface area contributed by atoms with Crippen molar-refractivity contribution in [3.63, 3.8) is 0 Å². The molecule has 0 saturated heterocycles. The first-order valence-electron chi connectivity index (χ1n) is 8.86. The monoisotopic (exact) mass is 415 g/mol. The number of aromatic nitrogens is 5. The molecule has 138 valence electrons. The SMILES string of the molecule is c1csc(-c2noc(CCCSc3nnc(-c4cccs4)n3C3CC3)n2)c1. The predicted octanol–water partition coefficient (Wildman–Crippen LogP) is 5.18. The second-order valence-electron chi connectivity index (χ2n) is 6.33. The van der Waals surface area contributed by atoms with Gasteiger partial charge in [-0.25, -0.2) is 0 Å². The number of thiophene rings is 2. The number of thioether (sulfide) groups is 1. The molecule has 4 aromatic rings. The van der Waals surface area contributed by atoms with Gasteiger partial charge >= 0.3 is 0 Å². The summed E-state index contributed by atoms with van der Waals surface area (Å²) in [6, 6.07) is 8.73. The van der Waals surface area contributed by atoms with Crippen molar-refractivity contribution in [3.05, 3.63) is 40.9 Å². The predicted molar refractivity (Wildman–Crippen MR) is 108 cm³/mol. The Balaban J connectivity index is 1.20. The maximum atomic E-state index is 5.37. The standard InChI is InChI=1S/C18H17N5OS3/c1-4-13(25-9-1)16-19-15(24-22-16)6-3-11-27-18-21-20-17(14-5-2-10-26-14)23(18)12-7-8-12/h1-2,4-5,9-10,12H,3,6-8,11H2. The van der Waals surface area contributed by atoms with E-state index in [-0.39, 0.29) is 0 Å². The summed E-state index contributed by atoms with van der Waals surface area (Å²) in [5, 5.41) is 18.1. The Labute approximate surface area is 168 Å². The van der Waals surface area contributed by atoms with Gasteiger partial charge in [0.2, 0.25) is 11.7 Å². The van der Waals surface area contributed by atoms with E-state index >= 15 is 0 Å². The molecule has 0 atom stereocenters. The van der Waals surface area contributed by atoms with Crippen molar-refractivity contribution in [2.45, 2.75) is 36.9 Å². The zero-order valence-corrected chi connectivity index (χ0v) is 16.9. The minimum atomic E-state index is 0.559. The first-order valence-corrected chi connectivity index (χ1v) is 11.6. The van der Waals surface area contributed by atoms with Crippen LogP contribution in [0.5, 0.6) is 0 Å². The molecule has 0 aromatic carbocycles. The third-order valence-corrected chi connectivity index (χ3v) is 7.05. The molecule has 5 rings (SSSR count). The molecule has 6 nitrogen and oxygen atoms in total. The molecule has 1 aliphatic carbocycles. The zero-order chi connectivity index (χ0) is 18.1. The van der Waals surface area contributed by atoms with Gasteiger partial charge in [-0.1, -0.05) is 29.1 Å². The fourth-order valence-corrected chi connectivity index (χ4v) is 5.16. The van der Waals surface area contributed by atoms with E-state index in [0.717, 1.165) is 34.5 Å². The van der Waals surface area contributed by atoms with E-state index in [1.165, 1.54) is 17.7 Å². The first kappa shape index (κ1) is 17.2. The lowest BCUT2D eigenvalue weighted by Crippen LogP contribution is -1.99. The summed E-state index contributed by atoms with van der Waals surface area (Å²) in [7, 11) is 0. The number of aryl methyl sites for hydroxylation is 1. The van der Waals surface area contributed by atoms with Gasteiger partial charge in [0.25, 0.3) is 0 Å². The molecule has 4 aromatic heterocycles. The van der Waals surface area contributed by atoms with E-state index in [1.807, 2.05) is 17.5 Å².